The normalized spacial score (nSPS) is 12.5. The molecule has 0 spiro atoms. The van der Waals surface area contributed by atoms with E-state index >= 15 is 0 Å². The number of rotatable bonds is 7. The Labute approximate surface area is 163 Å². The second kappa shape index (κ2) is 9.55. The van der Waals surface area contributed by atoms with Gasteiger partial charge in [-0.15, -0.1) is 0 Å². The van der Waals surface area contributed by atoms with E-state index in [-0.39, 0.29) is 5.41 Å². The Morgan fingerprint density at radius 2 is 1.78 bits per heavy atom. The molecule has 6 nitrogen and oxygen atoms in total. The van der Waals surface area contributed by atoms with Crippen molar-refractivity contribution in [3.63, 3.8) is 0 Å². The fourth-order valence-electron chi connectivity index (χ4n) is 2.53. The van der Waals surface area contributed by atoms with Gasteiger partial charge in [0.25, 0.3) is 0 Å². The number of nitrogens with one attached hydrogen (secondary N) is 2. The Morgan fingerprint density at radius 1 is 1.11 bits per heavy atom. The summed E-state index contributed by atoms with van der Waals surface area (Å²) in [7, 11) is 4.15. The maximum absolute atomic E-state index is 5.82. The van der Waals surface area contributed by atoms with Crippen LogP contribution in [0, 0.1) is 0 Å². The van der Waals surface area contributed by atoms with Gasteiger partial charge >= 0.3 is 0 Å². The Hall–Kier alpha value is -2.34. The molecule has 0 radical (unpaired) electrons. The van der Waals surface area contributed by atoms with E-state index < -0.39 is 0 Å². The zero-order valence-corrected chi connectivity index (χ0v) is 17.5. The second-order valence-corrected chi connectivity index (χ2v) is 7.97. The molecule has 0 saturated carbocycles. The largest absolute Gasteiger partial charge is 0.443 e. The predicted octanol–water partition coefficient (Wildman–Crippen LogP) is 3.29. The van der Waals surface area contributed by atoms with E-state index in [2.05, 4.69) is 91.6 Å². The van der Waals surface area contributed by atoms with Crippen LogP contribution >= 0.6 is 0 Å². The van der Waals surface area contributed by atoms with Crippen molar-refractivity contribution in [1.82, 2.24) is 20.5 Å². The minimum Gasteiger partial charge on any atom is -0.443 e. The maximum atomic E-state index is 5.82. The van der Waals surface area contributed by atoms with Gasteiger partial charge in [0.05, 0.1) is 19.3 Å². The molecule has 0 amide bonds. The predicted molar refractivity (Wildman–Crippen MR) is 111 cm³/mol. The first kappa shape index (κ1) is 21.0. The fourth-order valence-corrected chi connectivity index (χ4v) is 2.53. The highest BCUT2D eigenvalue weighted by molar-refractivity contribution is 5.79. The highest BCUT2D eigenvalue weighted by Crippen LogP contribution is 2.22. The van der Waals surface area contributed by atoms with Gasteiger partial charge in [-0.1, -0.05) is 45.0 Å². The van der Waals surface area contributed by atoms with E-state index in [1.165, 1.54) is 11.1 Å². The lowest BCUT2D eigenvalue weighted by atomic mass is 9.94. The third-order valence-corrected chi connectivity index (χ3v) is 3.99. The molecule has 0 aliphatic rings. The number of aliphatic imine (C=N–C) groups is 1. The number of nitrogens with zero attached hydrogens (tertiary/aromatic N) is 3. The number of oxazole rings is 1. The lowest BCUT2D eigenvalue weighted by Crippen LogP contribution is -2.36. The molecule has 148 valence electrons. The van der Waals surface area contributed by atoms with E-state index in [9.17, 15) is 0 Å². The van der Waals surface area contributed by atoms with Crippen LogP contribution in [0.2, 0.25) is 0 Å². The summed E-state index contributed by atoms with van der Waals surface area (Å²) in [4.78, 5) is 11.2. The summed E-state index contributed by atoms with van der Waals surface area (Å²) in [5.41, 5.74) is 2.44. The first-order valence-corrected chi connectivity index (χ1v) is 9.48. The first-order valence-electron chi connectivity index (χ1n) is 9.48. The topological polar surface area (TPSA) is 65.7 Å². The Kier molecular flexibility index (Phi) is 7.42. The number of hydrogen-bond donors (Lipinski definition) is 2. The SMILES string of the molecule is CCNC(=NCc1ccc(CN(C)C)cc1)NCc1ncc(C(C)(C)C)o1. The van der Waals surface area contributed by atoms with Gasteiger partial charge in [-0.25, -0.2) is 9.98 Å². The minimum absolute atomic E-state index is 0.0391. The van der Waals surface area contributed by atoms with Gasteiger partial charge in [-0.05, 0) is 32.1 Å². The van der Waals surface area contributed by atoms with Crippen molar-refractivity contribution in [3.05, 3.63) is 53.2 Å². The first-order chi connectivity index (χ1) is 12.8. The highest BCUT2D eigenvalue weighted by atomic mass is 16.4. The molecule has 1 aromatic carbocycles. The molecule has 0 saturated heterocycles. The van der Waals surface area contributed by atoms with Crippen LogP contribution in [-0.4, -0.2) is 36.5 Å². The average molecular weight is 372 g/mol. The summed E-state index contributed by atoms with van der Waals surface area (Å²) in [5, 5.41) is 6.55. The van der Waals surface area contributed by atoms with Gasteiger partial charge < -0.3 is 20.0 Å². The summed E-state index contributed by atoms with van der Waals surface area (Å²) in [6.45, 7) is 11.3. The quantitative estimate of drug-likeness (QED) is 0.577. The summed E-state index contributed by atoms with van der Waals surface area (Å²) in [5.74, 6) is 2.31. The molecule has 2 rings (SSSR count). The van der Waals surface area contributed by atoms with Gasteiger partial charge in [0.2, 0.25) is 5.89 Å². The molecule has 1 heterocycles. The van der Waals surface area contributed by atoms with Gasteiger partial charge in [0.1, 0.15) is 5.76 Å². The molecule has 0 aliphatic heterocycles. The summed E-state index contributed by atoms with van der Waals surface area (Å²) in [6.07, 6.45) is 1.80. The molecule has 1 aromatic heterocycles. The van der Waals surface area contributed by atoms with Crippen LogP contribution in [0.4, 0.5) is 0 Å². The second-order valence-electron chi connectivity index (χ2n) is 7.97. The Morgan fingerprint density at radius 3 is 2.33 bits per heavy atom. The van der Waals surface area contributed by atoms with Crippen molar-refractivity contribution in [2.24, 2.45) is 4.99 Å². The van der Waals surface area contributed by atoms with Crippen LogP contribution in [0.25, 0.3) is 0 Å². The van der Waals surface area contributed by atoms with Gasteiger partial charge in [0.15, 0.2) is 5.96 Å². The van der Waals surface area contributed by atoms with Crippen molar-refractivity contribution in [2.45, 2.75) is 52.7 Å². The molecule has 0 bridgehead atoms. The average Bonchev–Trinajstić information content (AvgIpc) is 3.07. The van der Waals surface area contributed by atoms with Crippen LogP contribution in [0.3, 0.4) is 0 Å². The zero-order chi connectivity index (χ0) is 19.9. The zero-order valence-electron chi connectivity index (χ0n) is 17.5. The maximum Gasteiger partial charge on any atom is 0.213 e. The van der Waals surface area contributed by atoms with E-state index in [4.69, 9.17) is 4.42 Å². The van der Waals surface area contributed by atoms with E-state index in [1.807, 2.05) is 0 Å². The third kappa shape index (κ3) is 7.06. The summed E-state index contributed by atoms with van der Waals surface area (Å²) in [6, 6.07) is 8.59. The number of aromatic nitrogens is 1. The number of benzene rings is 1. The molecule has 0 unspecified atom stereocenters. The third-order valence-electron chi connectivity index (χ3n) is 3.99. The minimum atomic E-state index is -0.0391. The van der Waals surface area contributed by atoms with Crippen molar-refractivity contribution in [3.8, 4) is 0 Å². The van der Waals surface area contributed by atoms with E-state index in [1.54, 1.807) is 6.20 Å². The molecule has 0 aliphatic carbocycles. The summed E-state index contributed by atoms with van der Waals surface area (Å²) >= 11 is 0. The monoisotopic (exact) mass is 371 g/mol. The molecular weight excluding hydrogens is 338 g/mol. The molecule has 0 atom stereocenters. The summed E-state index contributed by atoms with van der Waals surface area (Å²) < 4.78 is 5.82. The lowest BCUT2D eigenvalue weighted by molar-refractivity contribution is 0.379. The van der Waals surface area contributed by atoms with Crippen molar-refractivity contribution >= 4 is 5.96 Å². The number of guanidine groups is 1. The van der Waals surface area contributed by atoms with Crippen molar-refractivity contribution < 1.29 is 4.42 Å². The van der Waals surface area contributed by atoms with Crippen molar-refractivity contribution in [1.29, 1.82) is 0 Å². The van der Waals surface area contributed by atoms with Crippen LogP contribution in [0.15, 0.2) is 39.9 Å². The molecular formula is C21H33N5O. The standard InChI is InChI=1S/C21H33N5O/c1-7-22-20(25-14-19-23-13-18(27-19)21(2,3)4)24-12-16-8-10-17(11-9-16)15-26(5)6/h8-11,13H,7,12,14-15H2,1-6H3,(H2,22,24,25). The molecule has 0 fully saturated rings. The fraction of sp³-hybridized carbons (Fsp3) is 0.524. The number of hydrogen-bond acceptors (Lipinski definition) is 4. The lowest BCUT2D eigenvalue weighted by Gasteiger charge is -2.13. The van der Waals surface area contributed by atoms with Crippen molar-refractivity contribution in [2.75, 3.05) is 20.6 Å². The van der Waals surface area contributed by atoms with Crippen LogP contribution in [0.5, 0.6) is 0 Å². The van der Waals surface area contributed by atoms with Crippen LogP contribution in [-0.2, 0) is 25.0 Å². The molecule has 2 aromatic rings. The highest BCUT2D eigenvalue weighted by Gasteiger charge is 2.19. The Bertz CT molecular complexity index is 726. The Balaban J connectivity index is 1.94. The van der Waals surface area contributed by atoms with E-state index in [0.717, 1.165) is 24.8 Å². The molecule has 2 N–H and O–H groups in total. The molecule has 27 heavy (non-hydrogen) atoms. The smallest absolute Gasteiger partial charge is 0.213 e. The van der Waals surface area contributed by atoms with Gasteiger partial charge in [-0.2, -0.15) is 0 Å². The van der Waals surface area contributed by atoms with Crippen LogP contribution < -0.4 is 10.6 Å². The van der Waals surface area contributed by atoms with E-state index in [0.29, 0.717) is 19.0 Å². The van der Waals surface area contributed by atoms with Gasteiger partial charge in [0, 0.05) is 18.5 Å². The van der Waals surface area contributed by atoms with Gasteiger partial charge in [-0.3, -0.25) is 0 Å². The molecule has 6 heteroatoms. The van der Waals surface area contributed by atoms with Crippen LogP contribution in [0.1, 0.15) is 50.5 Å².